The number of thioether (sulfide) groups is 1. The Kier molecular flexibility index (Phi) is 7.96. The minimum absolute atomic E-state index is 0.0781. The molecule has 0 atom stereocenters. The summed E-state index contributed by atoms with van der Waals surface area (Å²) in [6.07, 6.45) is -0.436. The fraction of sp³-hybridized carbons (Fsp3) is 0.444. The second-order valence-electron chi connectivity index (χ2n) is 5.45. The molecule has 26 heavy (non-hydrogen) atoms. The van der Waals surface area contributed by atoms with Gasteiger partial charge in [0.1, 0.15) is 11.5 Å². The molecule has 1 aromatic carbocycles. The van der Waals surface area contributed by atoms with E-state index in [4.69, 9.17) is 18.6 Å². The summed E-state index contributed by atoms with van der Waals surface area (Å²) in [4.78, 5) is 16.4. The summed E-state index contributed by atoms with van der Waals surface area (Å²) in [7, 11) is 4.69. The summed E-state index contributed by atoms with van der Waals surface area (Å²) in [5, 5.41) is 2.76. The number of aromatic nitrogens is 1. The van der Waals surface area contributed by atoms with Crippen LogP contribution in [0.1, 0.15) is 11.5 Å². The van der Waals surface area contributed by atoms with Crippen molar-refractivity contribution in [3.63, 3.8) is 0 Å². The van der Waals surface area contributed by atoms with Crippen LogP contribution in [0.4, 0.5) is 0 Å². The average Bonchev–Trinajstić information content (AvgIpc) is 3.03. The van der Waals surface area contributed by atoms with Gasteiger partial charge in [0.15, 0.2) is 6.29 Å². The maximum atomic E-state index is 11.8. The Labute approximate surface area is 157 Å². The summed E-state index contributed by atoms with van der Waals surface area (Å²) in [5.74, 6) is 2.94. The van der Waals surface area contributed by atoms with E-state index in [1.807, 2.05) is 31.2 Å². The Morgan fingerprint density at radius 2 is 1.92 bits per heavy atom. The van der Waals surface area contributed by atoms with E-state index in [1.54, 1.807) is 7.11 Å². The zero-order chi connectivity index (χ0) is 18.9. The second-order valence-corrected chi connectivity index (χ2v) is 6.43. The van der Waals surface area contributed by atoms with Gasteiger partial charge in [-0.25, -0.2) is 4.98 Å². The van der Waals surface area contributed by atoms with Crippen molar-refractivity contribution in [3.8, 4) is 17.2 Å². The minimum atomic E-state index is -0.436. The van der Waals surface area contributed by atoms with E-state index in [0.717, 1.165) is 22.8 Å². The highest BCUT2D eigenvalue weighted by Gasteiger charge is 2.13. The van der Waals surface area contributed by atoms with Crippen molar-refractivity contribution in [1.29, 1.82) is 0 Å². The highest BCUT2D eigenvalue weighted by atomic mass is 32.2. The van der Waals surface area contributed by atoms with Gasteiger partial charge in [0.25, 0.3) is 0 Å². The average molecular weight is 380 g/mol. The number of hydrogen-bond donors (Lipinski definition) is 1. The van der Waals surface area contributed by atoms with Crippen molar-refractivity contribution >= 4 is 17.7 Å². The van der Waals surface area contributed by atoms with E-state index in [-0.39, 0.29) is 5.91 Å². The van der Waals surface area contributed by atoms with Crippen LogP contribution in [0.2, 0.25) is 0 Å². The van der Waals surface area contributed by atoms with E-state index in [2.05, 4.69) is 10.3 Å². The second kappa shape index (κ2) is 10.2. The number of amides is 1. The first-order valence-electron chi connectivity index (χ1n) is 8.08. The van der Waals surface area contributed by atoms with E-state index in [1.165, 1.54) is 26.0 Å². The Morgan fingerprint density at radius 1 is 1.23 bits per heavy atom. The number of carbonyl (C=O) groups is 1. The smallest absolute Gasteiger partial charge is 0.230 e. The highest BCUT2D eigenvalue weighted by molar-refractivity contribution is 7.99. The first-order valence-corrected chi connectivity index (χ1v) is 9.23. The third kappa shape index (κ3) is 5.76. The summed E-state index contributed by atoms with van der Waals surface area (Å²) < 4.78 is 20.9. The fourth-order valence-electron chi connectivity index (χ4n) is 2.17. The lowest BCUT2D eigenvalue weighted by molar-refractivity contribution is -0.125. The number of hydrogen-bond acceptors (Lipinski definition) is 7. The van der Waals surface area contributed by atoms with Gasteiger partial charge in [-0.2, -0.15) is 0 Å². The largest absolute Gasteiger partial charge is 0.497 e. The Morgan fingerprint density at radius 3 is 2.54 bits per heavy atom. The molecule has 2 rings (SSSR count). The molecule has 0 aliphatic rings. The van der Waals surface area contributed by atoms with Gasteiger partial charge >= 0.3 is 0 Å². The SMILES string of the molecule is COc1ccc(-c2nc(CSCC(=O)NCC(OC)OC)c(C)o2)cc1. The van der Waals surface area contributed by atoms with Gasteiger partial charge in [-0.05, 0) is 31.2 Å². The standard InChI is InChI=1S/C18H24N2O5S/c1-12-15(10-26-11-16(21)19-9-17(23-3)24-4)20-18(25-12)13-5-7-14(22-2)8-6-13/h5-8,17H,9-11H2,1-4H3,(H,19,21). The van der Waals surface area contributed by atoms with Crippen molar-refractivity contribution < 1.29 is 23.4 Å². The van der Waals surface area contributed by atoms with Crippen LogP contribution in [-0.2, 0) is 20.0 Å². The maximum absolute atomic E-state index is 11.8. The molecular formula is C18H24N2O5S. The van der Waals surface area contributed by atoms with E-state index < -0.39 is 6.29 Å². The number of ether oxygens (including phenoxy) is 3. The van der Waals surface area contributed by atoms with Crippen LogP contribution < -0.4 is 10.1 Å². The molecule has 0 radical (unpaired) electrons. The third-order valence-electron chi connectivity index (χ3n) is 3.69. The monoisotopic (exact) mass is 380 g/mol. The zero-order valence-electron chi connectivity index (χ0n) is 15.4. The molecule has 0 spiro atoms. The molecule has 0 aliphatic carbocycles. The predicted molar refractivity (Wildman–Crippen MR) is 100 cm³/mol. The number of benzene rings is 1. The van der Waals surface area contributed by atoms with Crippen molar-refractivity contribution in [3.05, 3.63) is 35.7 Å². The molecule has 0 aliphatic heterocycles. The molecule has 1 heterocycles. The lowest BCUT2D eigenvalue weighted by atomic mass is 10.2. The topological polar surface area (TPSA) is 82.8 Å². The number of methoxy groups -OCH3 is 3. The van der Waals surface area contributed by atoms with E-state index in [9.17, 15) is 4.79 Å². The van der Waals surface area contributed by atoms with Gasteiger partial charge in [0.2, 0.25) is 11.8 Å². The van der Waals surface area contributed by atoms with E-state index >= 15 is 0 Å². The van der Waals surface area contributed by atoms with Crippen molar-refractivity contribution in [1.82, 2.24) is 10.3 Å². The normalized spacial score (nSPS) is 11.0. The van der Waals surface area contributed by atoms with Gasteiger partial charge in [-0.3, -0.25) is 4.79 Å². The van der Waals surface area contributed by atoms with Gasteiger partial charge in [0.05, 0.1) is 25.1 Å². The number of nitrogens with zero attached hydrogens (tertiary/aromatic N) is 1. The molecule has 0 bridgehead atoms. The van der Waals surface area contributed by atoms with Gasteiger partial charge in [-0.1, -0.05) is 0 Å². The molecule has 0 unspecified atom stereocenters. The number of rotatable bonds is 10. The molecule has 7 nitrogen and oxygen atoms in total. The molecule has 1 aromatic heterocycles. The predicted octanol–water partition coefficient (Wildman–Crippen LogP) is 2.63. The minimum Gasteiger partial charge on any atom is -0.497 e. The quantitative estimate of drug-likeness (QED) is 0.635. The summed E-state index contributed by atoms with van der Waals surface area (Å²) in [6, 6.07) is 7.52. The van der Waals surface area contributed by atoms with Crippen LogP contribution in [0.25, 0.3) is 11.5 Å². The summed E-state index contributed by atoms with van der Waals surface area (Å²) in [5.41, 5.74) is 1.72. The van der Waals surface area contributed by atoms with Crippen LogP contribution >= 0.6 is 11.8 Å². The molecule has 1 N–H and O–H groups in total. The lowest BCUT2D eigenvalue weighted by Crippen LogP contribution is -2.35. The van der Waals surface area contributed by atoms with Crippen molar-refractivity contribution in [2.45, 2.75) is 19.0 Å². The lowest BCUT2D eigenvalue weighted by Gasteiger charge is -2.13. The summed E-state index contributed by atoms with van der Waals surface area (Å²) in [6.45, 7) is 2.19. The van der Waals surface area contributed by atoms with Crippen LogP contribution in [0.5, 0.6) is 5.75 Å². The van der Waals surface area contributed by atoms with Crippen LogP contribution in [0.3, 0.4) is 0 Å². The molecule has 1 amide bonds. The fourth-order valence-corrected chi connectivity index (χ4v) is 3.02. The van der Waals surface area contributed by atoms with Crippen LogP contribution in [-0.4, -0.2) is 50.8 Å². The molecule has 0 saturated carbocycles. The highest BCUT2D eigenvalue weighted by Crippen LogP contribution is 2.25. The van der Waals surface area contributed by atoms with Crippen LogP contribution in [0.15, 0.2) is 28.7 Å². The van der Waals surface area contributed by atoms with Gasteiger partial charge in [-0.15, -0.1) is 11.8 Å². The first kappa shape index (κ1) is 20.3. The number of aryl methyl sites for hydroxylation is 1. The third-order valence-corrected chi connectivity index (χ3v) is 4.64. The molecule has 2 aromatic rings. The zero-order valence-corrected chi connectivity index (χ0v) is 16.2. The number of oxazole rings is 1. The Bertz CT molecular complexity index is 698. The molecule has 8 heteroatoms. The number of nitrogens with one attached hydrogen (secondary N) is 1. The van der Waals surface area contributed by atoms with E-state index in [0.29, 0.717) is 23.9 Å². The molecule has 142 valence electrons. The summed E-state index contributed by atoms with van der Waals surface area (Å²) >= 11 is 1.47. The number of carbonyl (C=O) groups excluding carboxylic acids is 1. The van der Waals surface area contributed by atoms with Crippen LogP contribution in [0, 0.1) is 6.92 Å². The molecule has 0 fully saturated rings. The van der Waals surface area contributed by atoms with Gasteiger partial charge < -0.3 is 23.9 Å². The maximum Gasteiger partial charge on any atom is 0.230 e. The molecule has 0 saturated heterocycles. The van der Waals surface area contributed by atoms with Crippen molar-refractivity contribution in [2.75, 3.05) is 33.6 Å². The first-order chi connectivity index (χ1) is 12.6. The Balaban J connectivity index is 1.84. The molecular weight excluding hydrogens is 356 g/mol. The van der Waals surface area contributed by atoms with Crippen molar-refractivity contribution in [2.24, 2.45) is 0 Å². The Hall–Kier alpha value is -2.03. The van der Waals surface area contributed by atoms with Gasteiger partial charge in [0, 0.05) is 25.5 Å².